The molecule has 2 rings (SSSR count). The molecule has 2 aromatic rings. The van der Waals surface area contributed by atoms with E-state index in [2.05, 4.69) is 20.4 Å². The molecule has 2 aromatic heterocycles. The number of rotatable bonds is 2. The lowest BCUT2D eigenvalue weighted by molar-refractivity contribution is 0.876. The van der Waals surface area contributed by atoms with Gasteiger partial charge in [-0.3, -0.25) is 0 Å². The van der Waals surface area contributed by atoms with Gasteiger partial charge in [0.15, 0.2) is 0 Å². The van der Waals surface area contributed by atoms with Crippen LogP contribution in [0.15, 0.2) is 31.0 Å². The first kappa shape index (κ1) is 7.72. The van der Waals surface area contributed by atoms with E-state index in [1.54, 1.807) is 17.2 Å². The summed E-state index contributed by atoms with van der Waals surface area (Å²) in [5.74, 6) is 0.813. The Balaban J connectivity index is 2.41. The Labute approximate surface area is 75.4 Å². The highest BCUT2D eigenvalue weighted by molar-refractivity contribution is 5.43. The molecule has 0 amide bonds. The number of pyridine rings is 1. The predicted octanol–water partition coefficient (Wildman–Crippen LogP) is 0.704. The molecule has 0 aliphatic carbocycles. The molecule has 0 aliphatic heterocycles. The predicted molar refractivity (Wildman–Crippen MR) is 48.7 cm³/mol. The van der Waals surface area contributed by atoms with Crippen molar-refractivity contribution in [1.82, 2.24) is 19.7 Å². The van der Waals surface area contributed by atoms with Crippen LogP contribution < -0.4 is 5.32 Å². The zero-order valence-electron chi connectivity index (χ0n) is 7.18. The first-order valence-corrected chi connectivity index (χ1v) is 3.89. The van der Waals surface area contributed by atoms with Gasteiger partial charge < -0.3 is 5.32 Å². The van der Waals surface area contributed by atoms with Gasteiger partial charge in [-0.1, -0.05) is 0 Å². The lowest BCUT2D eigenvalue weighted by Crippen LogP contribution is -1.97. The lowest BCUT2D eigenvalue weighted by atomic mass is 10.4. The van der Waals surface area contributed by atoms with Crippen molar-refractivity contribution in [2.45, 2.75) is 0 Å². The van der Waals surface area contributed by atoms with E-state index in [0.717, 1.165) is 11.5 Å². The van der Waals surface area contributed by atoms with Crippen molar-refractivity contribution in [2.24, 2.45) is 0 Å². The summed E-state index contributed by atoms with van der Waals surface area (Å²) in [6, 6.07) is 3.77. The van der Waals surface area contributed by atoms with Gasteiger partial charge in [0.2, 0.25) is 0 Å². The van der Waals surface area contributed by atoms with Gasteiger partial charge in [0.1, 0.15) is 18.5 Å². The van der Waals surface area contributed by atoms with Gasteiger partial charge in [-0.05, 0) is 6.07 Å². The Morgan fingerprint density at radius 1 is 1.46 bits per heavy atom. The molecule has 66 valence electrons. The van der Waals surface area contributed by atoms with Crippen molar-refractivity contribution >= 4 is 5.82 Å². The van der Waals surface area contributed by atoms with Crippen molar-refractivity contribution < 1.29 is 0 Å². The Morgan fingerprint density at radius 3 is 3.08 bits per heavy atom. The second-order valence-electron chi connectivity index (χ2n) is 2.49. The zero-order valence-corrected chi connectivity index (χ0v) is 7.18. The maximum atomic E-state index is 4.10. The van der Waals surface area contributed by atoms with E-state index < -0.39 is 0 Å². The van der Waals surface area contributed by atoms with Gasteiger partial charge in [0.25, 0.3) is 0 Å². The van der Waals surface area contributed by atoms with Gasteiger partial charge >= 0.3 is 0 Å². The largest absolute Gasteiger partial charge is 0.373 e. The number of aromatic nitrogens is 4. The number of nitrogens with one attached hydrogen (secondary N) is 1. The van der Waals surface area contributed by atoms with Crippen LogP contribution in [0.2, 0.25) is 0 Å². The summed E-state index contributed by atoms with van der Waals surface area (Å²) in [4.78, 5) is 7.96. The first-order valence-electron chi connectivity index (χ1n) is 3.89. The summed E-state index contributed by atoms with van der Waals surface area (Å²) in [7, 11) is 1.83. The standard InChI is InChI=1S/C8H9N5/c1-9-8-4-7(2-3-11-8)13-6-10-5-12-13/h2-6H,1H3,(H,9,11). The fraction of sp³-hybridized carbons (Fsp3) is 0.125. The molecule has 0 saturated carbocycles. The molecule has 5 nitrogen and oxygen atoms in total. The summed E-state index contributed by atoms with van der Waals surface area (Å²) in [6.07, 6.45) is 4.87. The zero-order chi connectivity index (χ0) is 9.10. The monoisotopic (exact) mass is 175 g/mol. The molecule has 1 N–H and O–H groups in total. The maximum absolute atomic E-state index is 4.10. The minimum atomic E-state index is 0.813. The molecule has 0 fully saturated rings. The third kappa shape index (κ3) is 1.48. The summed E-state index contributed by atoms with van der Waals surface area (Å²) >= 11 is 0. The van der Waals surface area contributed by atoms with Crippen LogP contribution in [0, 0.1) is 0 Å². The molecular weight excluding hydrogens is 166 g/mol. The van der Waals surface area contributed by atoms with E-state index in [1.807, 2.05) is 19.2 Å². The number of hydrogen-bond acceptors (Lipinski definition) is 4. The second-order valence-corrected chi connectivity index (χ2v) is 2.49. The third-order valence-electron chi connectivity index (χ3n) is 1.68. The third-order valence-corrected chi connectivity index (χ3v) is 1.68. The lowest BCUT2D eigenvalue weighted by Gasteiger charge is -2.02. The van der Waals surface area contributed by atoms with E-state index in [-0.39, 0.29) is 0 Å². The molecule has 13 heavy (non-hydrogen) atoms. The van der Waals surface area contributed by atoms with Crippen LogP contribution in [0.5, 0.6) is 0 Å². The topological polar surface area (TPSA) is 55.6 Å². The minimum absolute atomic E-state index is 0.813. The van der Waals surface area contributed by atoms with E-state index in [0.29, 0.717) is 0 Å². The van der Waals surface area contributed by atoms with E-state index in [9.17, 15) is 0 Å². The van der Waals surface area contributed by atoms with Crippen LogP contribution in [-0.2, 0) is 0 Å². The van der Waals surface area contributed by atoms with Gasteiger partial charge in [-0.2, -0.15) is 5.10 Å². The van der Waals surface area contributed by atoms with E-state index in [1.165, 1.54) is 6.33 Å². The molecule has 2 heterocycles. The number of hydrogen-bond donors (Lipinski definition) is 1. The van der Waals surface area contributed by atoms with Crippen LogP contribution >= 0.6 is 0 Å². The van der Waals surface area contributed by atoms with Gasteiger partial charge in [0, 0.05) is 19.3 Å². The van der Waals surface area contributed by atoms with E-state index in [4.69, 9.17) is 0 Å². The average Bonchev–Trinajstić information content (AvgIpc) is 2.71. The highest BCUT2D eigenvalue weighted by Crippen LogP contribution is 2.08. The average molecular weight is 175 g/mol. The first-order chi connectivity index (χ1) is 6.40. The van der Waals surface area contributed by atoms with Gasteiger partial charge in [0.05, 0.1) is 5.69 Å². The highest BCUT2D eigenvalue weighted by Gasteiger charge is 1.97. The van der Waals surface area contributed by atoms with E-state index >= 15 is 0 Å². The Morgan fingerprint density at radius 2 is 2.38 bits per heavy atom. The molecular formula is C8H9N5. The smallest absolute Gasteiger partial charge is 0.138 e. The van der Waals surface area contributed by atoms with Crippen molar-refractivity contribution in [1.29, 1.82) is 0 Å². The summed E-state index contributed by atoms with van der Waals surface area (Å²) in [5, 5.41) is 6.97. The molecule has 0 radical (unpaired) electrons. The summed E-state index contributed by atoms with van der Waals surface area (Å²) in [5.41, 5.74) is 0.942. The van der Waals surface area contributed by atoms with Gasteiger partial charge in [-0.15, -0.1) is 0 Å². The molecule has 0 bridgehead atoms. The fourth-order valence-corrected chi connectivity index (χ4v) is 1.04. The molecule has 0 spiro atoms. The minimum Gasteiger partial charge on any atom is -0.373 e. The number of anilines is 1. The van der Waals surface area contributed by atoms with Crippen LogP contribution in [0.1, 0.15) is 0 Å². The molecule has 0 unspecified atom stereocenters. The maximum Gasteiger partial charge on any atom is 0.138 e. The fourth-order valence-electron chi connectivity index (χ4n) is 1.04. The van der Waals surface area contributed by atoms with Crippen molar-refractivity contribution in [3.63, 3.8) is 0 Å². The van der Waals surface area contributed by atoms with Crippen molar-refractivity contribution in [2.75, 3.05) is 12.4 Å². The second kappa shape index (κ2) is 3.22. The Kier molecular flexibility index (Phi) is 1.91. The molecule has 5 heteroatoms. The SMILES string of the molecule is CNc1cc(-n2cncn2)ccn1. The number of nitrogens with zero attached hydrogens (tertiary/aromatic N) is 4. The van der Waals surface area contributed by atoms with Crippen LogP contribution in [0.4, 0.5) is 5.82 Å². The summed E-state index contributed by atoms with van der Waals surface area (Å²) < 4.78 is 1.68. The van der Waals surface area contributed by atoms with Crippen LogP contribution in [-0.4, -0.2) is 26.8 Å². The normalized spacial score (nSPS) is 9.92. The molecule has 0 aromatic carbocycles. The highest BCUT2D eigenvalue weighted by atomic mass is 15.3. The molecule has 0 saturated heterocycles. The summed E-state index contributed by atoms with van der Waals surface area (Å²) in [6.45, 7) is 0. The van der Waals surface area contributed by atoms with Crippen LogP contribution in [0.3, 0.4) is 0 Å². The van der Waals surface area contributed by atoms with Crippen molar-refractivity contribution in [3.05, 3.63) is 31.0 Å². The molecule has 0 atom stereocenters. The van der Waals surface area contributed by atoms with Crippen LogP contribution in [0.25, 0.3) is 5.69 Å². The Bertz CT molecular complexity index is 381. The quantitative estimate of drug-likeness (QED) is 0.730. The Hall–Kier alpha value is -1.91. The van der Waals surface area contributed by atoms with Crippen molar-refractivity contribution in [3.8, 4) is 5.69 Å². The molecule has 0 aliphatic rings. The van der Waals surface area contributed by atoms with Gasteiger partial charge in [-0.25, -0.2) is 14.6 Å².